The molecule has 0 radical (unpaired) electrons. The molecule has 0 atom stereocenters. The number of fused-ring (bicyclic) bond motifs is 1. The van der Waals surface area contributed by atoms with Crippen molar-refractivity contribution in [3.63, 3.8) is 0 Å². The zero-order valence-electron chi connectivity index (χ0n) is 11.0. The molecule has 0 unspecified atom stereocenters. The molecule has 0 fully saturated rings. The van der Waals surface area contributed by atoms with Gasteiger partial charge in [-0.25, -0.2) is 18.7 Å². The molecule has 1 aromatic carbocycles. The number of thiazole rings is 1. The average Bonchev–Trinajstić information content (AvgIpc) is 2.92. The Labute approximate surface area is 121 Å². The van der Waals surface area contributed by atoms with E-state index in [1.54, 1.807) is 13.8 Å². The molecule has 0 saturated heterocycles. The number of hydrogen-bond acceptors (Lipinski definition) is 5. The molecule has 3 aromatic rings. The van der Waals surface area contributed by atoms with Gasteiger partial charge in [0.05, 0.1) is 10.4 Å². The summed E-state index contributed by atoms with van der Waals surface area (Å²) >= 11 is 0.976. The Bertz CT molecular complexity index is 857. The fourth-order valence-electron chi connectivity index (χ4n) is 1.91. The first kappa shape index (κ1) is 13.6. The van der Waals surface area contributed by atoms with Crippen molar-refractivity contribution in [3.8, 4) is 0 Å². The molecule has 108 valence electrons. The van der Waals surface area contributed by atoms with Gasteiger partial charge >= 0.3 is 0 Å². The Morgan fingerprint density at radius 2 is 2.05 bits per heavy atom. The minimum Gasteiger partial charge on any atom is -0.436 e. The Kier molecular flexibility index (Phi) is 3.17. The van der Waals surface area contributed by atoms with E-state index in [4.69, 9.17) is 4.42 Å². The summed E-state index contributed by atoms with van der Waals surface area (Å²) in [5, 5.41) is 2.65. The molecule has 0 aliphatic carbocycles. The Morgan fingerprint density at radius 1 is 1.29 bits per heavy atom. The molecular formula is C13H9F2N3O2S. The Morgan fingerprint density at radius 3 is 2.71 bits per heavy atom. The van der Waals surface area contributed by atoms with Crippen molar-refractivity contribution in [2.45, 2.75) is 13.8 Å². The molecule has 2 heterocycles. The first-order valence-electron chi connectivity index (χ1n) is 5.95. The fourth-order valence-corrected chi connectivity index (χ4v) is 2.81. The Balaban J connectivity index is 1.93. The van der Waals surface area contributed by atoms with Gasteiger partial charge in [0, 0.05) is 13.0 Å². The molecule has 3 rings (SSSR count). The second-order valence-corrected chi connectivity index (χ2v) is 5.39. The highest BCUT2D eigenvalue weighted by molar-refractivity contribution is 7.22. The van der Waals surface area contributed by atoms with Crippen molar-refractivity contribution in [2.24, 2.45) is 0 Å². The predicted molar refractivity (Wildman–Crippen MR) is 73.5 cm³/mol. The monoisotopic (exact) mass is 309 g/mol. The average molecular weight is 309 g/mol. The van der Waals surface area contributed by atoms with Crippen molar-refractivity contribution in [1.29, 1.82) is 0 Å². The fraction of sp³-hybridized carbons (Fsp3) is 0.154. The minimum absolute atomic E-state index is 0.0159. The van der Waals surface area contributed by atoms with Crippen molar-refractivity contribution in [3.05, 3.63) is 41.1 Å². The number of nitrogens with one attached hydrogen (secondary N) is 1. The van der Waals surface area contributed by atoms with Crippen LogP contribution in [-0.4, -0.2) is 15.9 Å². The molecule has 0 aliphatic rings. The number of carbonyl (C=O) groups is 1. The van der Waals surface area contributed by atoms with Crippen LogP contribution in [0.4, 0.5) is 13.9 Å². The van der Waals surface area contributed by atoms with Gasteiger partial charge in [0.1, 0.15) is 11.3 Å². The molecule has 1 N–H and O–H groups in total. The van der Waals surface area contributed by atoms with E-state index in [2.05, 4.69) is 15.3 Å². The maximum Gasteiger partial charge on any atom is 0.295 e. The molecule has 21 heavy (non-hydrogen) atoms. The lowest BCUT2D eigenvalue weighted by Crippen LogP contribution is -2.12. The highest BCUT2D eigenvalue weighted by Gasteiger charge is 2.18. The smallest absolute Gasteiger partial charge is 0.295 e. The van der Waals surface area contributed by atoms with Gasteiger partial charge < -0.3 is 4.42 Å². The lowest BCUT2D eigenvalue weighted by molar-refractivity contribution is 0.0994. The zero-order valence-corrected chi connectivity index (χ0v) is 11.8. The quantitative estimate of drug-likeness (QED) is 0.787. The van der Waals surface area contributed by atoms with E-state index in [-0.39, 0.29) is 16.4 Å². The summed E-state index contributed by atoms with van der Waals surface area (Å²) in [6.45, 7) is 3.26. The van der Waals surface area contributed by atoms with Gasteiger partial charge in [-0.2, -0.15) is 0 Å². The number of hydrogen-bond donors (Lipinski definition) is 1. The van der Waals surface area contributed by atoms with Crippen LogP contribution < -0.4 is 5.32 Å². The summed E-state index contributed by atoms with van der Waals surface area (Å²) in [6, 6.07) is 1.91. The maximum absolute atomic E-state index is 13.6. The first-order chi connectivity index (χ1) is 9.94. The van der Waals surface area contributed by atoms with Gasteiger partial charge in [-0.15, -0.1) is 0 Å². The molecule has 0 saturated carbocycles. The first-order valence-corrected chi connectivity index (χ1v) is 6.76. The van der Waals surface area contributed by atoms with Crippen LogP contribution in [0.2, 0.25) is 0 Å². The highest BCUT2D eigenvalue weighted by Crippen LogP contribution is 2.29. The number of anilines is 1. The van der Waals surface area contributed by atoms with Crippen molar-refractivity contribution in [1.82, 2.24) is 9.97 Å². The summed E-state index contributed by atoms with van der Waals surface area (Å²) in [5.41, 5.74) is 0.463. The Hall–Kier alpha value is -2.35. The molecule has 1 amide bonds. The topological polar surface area (TPSA) is 68.0 Å². The van der Waals surface area contributed by atoms with Crippen LogP contribution in [0.1, 0.15) is 22.1 Å². The standard InChI is InChI=1S/C13H9F2N3O2S/c1-5-11(20-6(2)16-5)12(19)18-13-17-10-8(15)3-7(14)4-9(10)21-13/h3-4H,1-2H3,(H,17,18,19). The van der Waals surface area contributed by atoms with E-state index in [0.717, 1.165) is 23.5 Å². The molecule has 2 aromatic heterocycles. The number of nitrogens with zero attached hydrogens (tertiary/aromatic N) is 2. The summed E-state index contributed by atoms with van der Waals surface area (Å²) in [5.74, 6) is -1.56. The third-order valence-electron chi connectivity index (χ3n) is 2.74. The molecular weight excluding hydrogens is 300 g/mol. The van der Waals surface area contributed by atoms with E-state index >= 15 is 0 Å². The normalized spacial score (nSPS) is 11.0. The number of halogens is 2. The van der Waals surface area contributed by atoms with Gasteiger partial charge in [-0.1, -0.05) is 11.3 Å². The summed E-state index contributed by atoms with van der Waals surface area (Å²) < 4.78 is 32.2. The van der Waals surface area contributed by atoms with E-state index in [1.165, 1.54) is 0 Å². The molecule has 0 aliphatic heterocycles. The summed E-state index contributed by atoms with van der Waals surface area (Å²) in [4.78, 5) is 20.0. The van der Waals surface area contributed by atoms with Crippen LogP contribution in [-0.2, 0) is 0 Å². The molecule has 0 spiro atoms. The molecule has 0 bridgehead atoms. The van der Waals surface area contributed by atoms with Crippen molar-refractivity contribution < 1.29 is 18.0 Å². The predicted octanol–water partition coefficient (Wildman–Crippen LogP) is 3.43. The van der Waals surface area contributed by atoms with Crippen LogP contribution in [0, 0.1) is 25.5 Å². The van der Waals surface area contributed by atoms with Crippen LogP contribution in [0.5, 0.6) is 0 Å². The minimum atomic E-state index is -0.770. The van der Waals surface area contributed by atoms with Gasteiger partial charge in [0.25, 0.3) is 5.91 Å². The lowest BCUT2D eigenvalue weighted by Gasteiger charge is -1.97. The zero-order chi connectivity index (χ0) is 15.1. The maximum atomic E-state index is 13.6. The van der Waals surface area contributed by atoms with Gasteiger partial charge in [0.2, 0.25) is 5.76 Å². The van der Waals surface area contributed by atoms with Crippen LogP contribution >= 0.6 is 11.3 Å². The molecule has 5 nitrogen and oxygen atoms in total. The van der Waals surface area contributed by atoms with E-state index in [9.17, 15) is 13.6 Å². The van der Waals surface area contributed by atoms with Gasteiger partial charge in [-0.05, 0) is 13.0 Å². The number of aromatic nitrogens is 2. The van der Waals surface area contributed by atoms with E-state index in [0.29, 0.717) is 16.3 Å². The third kappa shape index (κ3) is 2.49. The largest absolute Gasteiger partial charge is 0.436 e. The second kappa shape index (κ2) is 4.88. The third-order valence-corrected chi connectivity index (χ3v) is 3.66. The number of benzene rings is 1. The van der Waals surface area contributed by atoms with Crippen LogP contribution in [0.3, 0.4) is 0 Å². The highest BCUT2D eigenvalue weighted by atomic mass is 32.1. The van der Waals surface area contributed by atoms with Gasteiger partial charge in [-0.3, -0.25) is 10.1 Å². The van der Waals surface area contributed by atoms with Crippen LogP contribution in [0.15, 0.2) is 16.5 Å². The number of aryl methyl sites for hydroxylation is 2. The lowest BCUT2D eigenvalue weighted by atomic mass is 10.3. The summed E-state index contributed by atoms with van der Waals surface area (Å²) in [7, 11) is 0. The second-order valence-electron chi connectivity index (χ2n) is 4.35. The van der Waals surface area contributed by atoms with E-state index in [1.807, 2.05) is 0 Å². The van der Waals surface area contributed by atoms with Crippen molar-refractivity contribution >= 4 is 32.6 Å². The van der Waals surface area contributed by atoms with Gasteiger partial charge in [0.15, 0.2) is 16.8 Å². The number of carbonyl (C=O) groups excluding carboxylic acids is 1. The van der Waals surface area contributed by atoms with Crippen LogP contribution in [0.25, 0.3) is 10.2 Å². The summed E-state index contributed by atoms with van der Waals surface area (Å²) in [6.07, 6.45) is 0. The number of rotatable bonds is 2. The molecule has 8 heteroatoms. The SMILES string of the molecule is Cc1nc(C)c(C(=O)Nc2nc3c(F)cc(F)cc3s2)o1. The number of oxazole rings is 1. The van der Waals surface area contributed by atoms with E-state index < -0.39 is 17.5 Å². The van der Waals surface area contributed by atoms with Crippen molar-refractivity contribution in [2.75, 3.05) is 5.32 Å². The number of amides is 1.